The van der Waals surface area contributed by atoms with E-state index in [0.29, 0.717) is 12.0 Å². The second-order valence-electron chi connectivity index (χ2n) is 6.63. The van der Waals surface area contributed by atoms with Gasteiger partial charge < -0.3 is 16.2 Å². The molecule has 164 valence electrons. The number of phenolic OH excluding ortho intramolecular Hbond substituents is 1. The van der Waals surface area contributed by atoms with Crippen LogP contribution in [0.4, 0.5) is 5.69 Å². The molecule has 9 nitrogen and oxygen atoms in total. The maximum absolute atomic E-state index is 12.6. The second kappa shape index (κ2) is 10.1. The van der Waals surface area contributed by atoms with Crippen molar-refractivity contribution < 1.29 is 23.1 Å². The van der Waals surface area contributed by atoms with Crippen molar-refractivity contribution in [3.8, 4) is 11.8 Å². The summed E-state index contributed by atoms with van der Waals surface area (Å²) in [6.07, 6.45) is 0.319. The van der Waals surface area contributed by atoms with Crippen molar-refractivity contribution in [3.05, 3.63) is 58.1 Å². The minimum absolute atomic E-state index is 0.0334. The molecule has 0 aliphatic carbocycles. The molecule has 2 aromatic carbocycles. The van der Waals surface area contributed by atoms with Crippen LogP contribution in [0.15, 0.2) is 36.4 Å². The molecule has 0 heterocycles. The summed E-state index contributed by atoms with van der Waals surface area (Å²) in [7, 11) is -3.86. The lowest BCUT2D eigenvalue weighted by molar-refractivity contribution is -0.116. The molecule has 4 N–H and O–H groups in total. The Morgan fingerprint density at radius 3 is 2.55 bits per heavy atom. The van der Waals surface area contributed by atoms with Gasteiger partial charge >= 0.3 is 0 Å². The number of primary amides is 1. The van der Waals surface area contributed by atoms with Gasteiger partial charge in [-0.25, -0.2) is 8.42 Å². The van der Waals surface area contributed by atoms with E-state index in [4.69, 9.17) is 22.6 Å². The zero-order valence-corrected chi connectivity index (χ0v) is 18.2. The van der Waals surface area contributed by atoms with E-state index in [0.717, 1.165) is 4.31 Å². The molecule has 0 fully saturated rings. The van der Waals surface area contributed by atoms with Crippen molar-refractivity contribution in [1.29, 1.82) is 5.26 Å². The standard InChI is InChI=1S/C20H21ClN4O5S/c1-2-5-31(29,30)25(12-19(23)27)17-8-15(7-16(21)9-17)20(28)24-11-14-4-3-13(10-22)6-18(14)26/h3-4,6-9,26H,2,5,11-12H2,1H3,(H2,23,27)(H,24,28). The van der Waals surface area contributed by atoms with Crippen molar-refractivity contribution in [3.63, 3.8) is 0 Å². The van der Waals surface area contributed by atoms with Crippen LogP contribution in [0.3, 0.4) is 0 Å². The number of nitrogens with zero attached hydrogens (tertiary/aromatic N) is 2. The normalized spacial score (nSPS) is 10.9. The monoisotopic (exact) mass is 464 g/mol. The molecule has 0 spiro atoms. The molecular formula is C20H21ClN4O5S. The number of rotatable bonds is 9. The fourth-order valence-electron chi connectivity index (χ4n) is 2.77. The lowest BCUT2D eigenvalue weighted by atomic mass is 10.1. The molecule has 0 aliphatic rings. The van der Waals surface area contributed by atoms with Crippen molar-refractivity contribution in [2.45, 2.75) is 19.9 Å². The Morgan fingerprint density at radius 2 is 1.97 bits per heavy atom. The van der Waals surface area contributed by atoms with Crippen molar-refractivity contribution in [2.24, 2.45) is 5.73 Å². The number of halogens is 1. The topological polar surface area (TPSA) is 154 Å². The Balaban J connectivity index is 2.31. The van der Waals surface area contributed by atoms with Crippen LogP contribution in [-0.2, 0) is 21.4 Å². The number of phenols is 1. The predicted octanol–water partition coefficient (Wildman–Crippen LogP) is 1.88. The van der Waals surface area contributed by atoms with Gasteiger partial charge in [-0.3, -0.25) is 13.9 Å². The molecule has 2 amide bonds. The van der Waals surface area contributed by atoms with Crippen molar-refractivity contribution in [2.75, 3.05) is 16.6 Å². The van der Waals surface area contributed by atoms with Crippen LogP contribution in [0.1, 0.15) is 34.8 Å². The summed E-state index contributed by atoms with van der Waals surface area (Å²) in [5, 5.41) is 21.5. The van der Waals surface area contributed by atoms with E-state index in [1.54, 1.807) is 6.92 Å². The van der Waals surface area contributed by atoms with Crippen LogP contribution in [-0.4, -0.2) is 37.6 Å². The first-order valence-corrected chi connectivity index (χ1v) is 11.2. The molecule has 2 aromatic rings. The van der Waals surface area contributed by atoms with Crippen LogP contribution < -0.4 is 15.4 Å². The fourth-order valence-corrected chi connectivity index (χ4v) is 4.49. The highest BCUT2D eigenvalue weighted by molar-refractivity contribution is 7.92. The minimum Gasteiger partial charge on any atom is -0.508 e. The third-order valence-electron chi connectivity index (χ3n) is 4.18. The molecule has 0 radical (unpaired) electrons. The zero-order chi connectivity index (χ0) is 23.2. The highest BCUT2D eigenvalue weighted by atomic mass is 35.5. The minimum atomic E-state index is -3.86. The summed E-state index contributed by atoms with van der Waals surface area (Å²) in [5.74, 6) is -1.81. The number of hydrogen-bond acceptors (Lipinski definition) is 6. The molecule has 0 aliphatic heterocycles. The number of nitrogens with two attached hydrogens (primary N) is 1. The first-order chi connectivity index (χ1) is 14.6. The number of carbonyl (C=O) groups is 2. The first-order valence-electron chi connectivity index (χ1n) is 9.17. The summed E-state index contributed by atoms with van der Waals surface area (Å²) >= 11 is 6.09. The second-order valence-corrected chi connectivity index (χ2v) is 9.07. The number of carbonyl (C=O) groups excluding carboxylic acids is 2. The van der Waals surface area contributed by atoms with E-state index in [2.05, 4.69) is 5.32 Å². The smallest absolute Gasteiger partial charge is 0.251 e. The average molecular weight is 465 g/mol. The number of benzene rings is 2. The van der Waals surface area contributed by atoms with Crippen LogP contribution in [0.2, 0.25) is 5.02 Å². The maximum Gasteiger partial charge on any atom is 0.251 e. The van der Waals surface area contributed by atoms with Gasteiger partial charge in [0.1, 0.15) is 12.3 Å². The van der Waals surface area contributed by atoms with E-state index >= 15 is 0 Å². The molecule has 31 heavy (non-hydrogen) atoms. The number of nitrogens with one attached hydrogen (secondary N) is 1. The first kappa shape index (κ1) is 24.0. The third-order valence-corrected chi connectivity index (χ3v) is 6.34. The molecule has 0 saturated heterocycles. The molecule has 2 rings (SSSR count). The fraction of sp³-hybridized carbons (Fsp3) is 0.250. The Bertz CT molecular complexity index is 1140. The van der Waals surface area contributed by atoms with Crippen LogP contribution in [0.25, 0.3) is 0 Å². The van der Waals surface area contributed by atoms with Gasteiger partial charge in [0.25, 0.3) is 5.91 Å². The van der Waals surface area contributed by atoms with Crippen LogP contribution in [0.5, 0.6) is 5.75 Å². The Morgan fingerprint density at radius 1 is 1.26 bits per heavy atom. The quantitative estimate of drug-likeness (QED) is 0.514. The van der Waals surface area contributed by atoms with Crippen molar-refractivity contribution in [1.82, 2.24) is 5.32 Å². The molecule has 0 bridgehead atoms. The van der Waals surface area contributed by atoms with E-state index < -0.39 is 28.4 Å². The zero-order valence-electron chi connectivity index (χ0n) is 16.6. The van der Waals surface area contributed by atoms with Gasteiger partial charge in [-0.05, 0) is 36.8 Å². The molecule has 0 atom stereocenters. The number of aromatic hydroxyl groups is 1. The van der Waals surface area contributed by atoms with Gasteiger partial charge in [-0.1, -0.05) is 24.6 Å². The summed E-state index contributed by atoms with van der Waals surface area (Å²) < 4.78 is 26.0. The summed E-state index contributed by atoms with van der Waals surface area (Å²) in [4.78, 5) is 24.0. The summed E-state index contributed by atoms with van der Waals surface area (Å²) in [6.45, 7) is 1.04. The van der Waals surface area contributed by atoms with Gasteiger partial charge in [-0.2, -0.15) is 5.26 Å². The third kappa shape index (κ3) is 6.34. The van der Waals surface area contributed by atoms with Gasteiger partial charge in [0.2, 0.25) is 15.9 Å². The molecule has 0 saturated carbocycles. The lowest BCUT2D eigenvalue weighted by Gasteiger charge is -2.23. The van der Waals surface area contributed by atoms with Crippen molar-refractivity contribution >= 4 is 39.1 Å². The SMILES string of the molecule is CCCS(=O)(=O)N(CC(N)=O)c1cc(Cl)cc(C(=O)NCc2ccc(C#N)cc2O)c1. The lowest BCUT2D eigenvalue weighted by Crippen LogP contribution is -2.40. The molecule has 0 unspecified atom stereocenters. The number of amides is 2. The number of anilines is 1. The molecular weight excluding hydrogens is 444 g/mol. The largest absolute Gasteiger partial charge is 0.508 e. The Labute approximate surface area is 185 Å². The Kier molecular flexibility index (Phi) is 7.85. The highest BCUT2D eigenvalue weighted by Crippen LogP contribution is 2.26. The molecule has 0 aromatic heterocycles. The van der Waals surface area contributed by atoms with Crippen LogP contribution in [0, 0.1) is 11.3 Å². The molecule has 11 heteroatoms. The van der Waals surface area contributed by atoms with E-state index in [1.807, 2.05) is 6.07 Å². The van der Waals surface area contributed by atoms with Crippen LogP contribution >= 0.6 is 11.6 Å². The highest BCUT2D eigenvalue weighted by Gasteiger charge is 2.25. The van der Waals surface area contributed by atoms with Gasteiger partial charge in [0, 0.05) is 22.7 Å². The number of sulfonamides is 1. The summed E-state index contributed by atoms with van der Waals surface area (Å²) in [5.41, 5.74) is 5.95. The predicted molar refractivity (Wildman–Crippen MR) is 116 cm³/mol. The van der Waals surface area contributed by atoms with Gasteiger partial charge in [-0.15, -0.1) is 0 Å². The number of nitriles is 1. The van der Waals surface area contributed by atoms with E-state index in [9.17, 15) is 23.1 Å². The Hall–Kier alpha value is -3.29. The van der Waals surface area contributed by atoms with Gasteiger partial charge in [0.15, 0.2) is 0 Å². The number of hydrogen-bond donors (Lipinski definition) is 3. The van der Waals surface area contributed by atoms with E-state index in [-0.39, 0.29) is 39.9 Å². The van der Waals surface area contributed by atoms with E-state index in [1.165, 1.54) is 36.4 Å². The average Bonchev–Trinajstić information content (AvgIpc) is 2.70. The summed E-state index contributed by atoms with van der Waals surface area (Å²) in [6, 6.07) is 10.1. The van der Waals surface area contributed by atoms with Gasteiger partial charge in [0.05, 0.1) is 23.1 Å². The maximum atomic E-state index is 12.6.